The summed E-state index contributed by atoms with van der Waals surface area (Å²) in [6.45, 7) is 2.52. The van der Waals surface area contributed by atoms with E-state index in [2.05, 4.69) is 10.3 Å². The lowest BCUT2D eigenvalue weighted by molar-refractivity contribution is -0.143. The van der Waals surface area contributed by atoms with Crippen LogP contribution in [0, 0.1) is 47.3 Å². The van der Waals surface area contributed by atoms with Crippen molar-refractivity contribution in [3.63, 3.8) is 0 Å². The average Bonchev–Trinajstić information content (AvgIpc) is 2.92. The fraction of sp³-hybridized carbons (Fsp3) is 0.727. The predicted molar refractivity (Wildman–Crippen MR) is 152 cm³/mol. The zero-order valence-electron chi connectivity index (χ0n) is 23.9. The zero-order valence-corrected chi connectivity index (χ0v) is 23.9. The average molecular weight is 548 g/mol. The number of amides is 2. The summed E-state index contributed by atoms with van der Waals surface area (Å²) in [7, 11) is 0. The van der Waals surface area contributed by atoms with Crippen molar-refractivity contribution in [1.29, 1.82) is 0 Å². The highest BCUT2D eigenvalue weighted by Crippen LogP contribution is 2.55. The van der Waals surface area contributed by atoms with E-state index >= 15 is 0 Å². The third-order valence-corrected chi connectivity index (χ3v) is 11.0. The first-order valence-corrected chi connectivity index (χ1v) is 15.8. The van der Waals surface area contributed by atoms with Crippen LogP contribution in [-0.4, -0.2) is 48.2 Å². The van der Waals surface area contributed by atoms with Gasteiger partial charge in [0.15, 0.2) is 0 Å². The number of esters is 1. The first-order valence-electron chi connectivity index (χ1n) is 15.8. The van der Waals surface area contributed by atoms with Crippen LogP contribution in [0.5, 0.6) is 0 Å². The summed E-state index contributed by atoms with van der Waals surface area (Å²) in [6.07, 6.45) is 15.0. The van der Waals surface area contributed by atoms with E-state index in [-0.39, 0.29) is 24.6 Å². The maximum absolute atomic E-state index is 13.1. The minimum atomic E-state index is -0.353. The van der Waals surface area contributed by atoms with Gasteiger partial charge < -0.3 is 15.0 Å². The van der Waals surface area contributed by atoms with Crippen LogP contribution in [0.2, 0.25) is 0 Å². The topological polar surface area (TPSA) is 88.1 Å². The number of urea groups is 1. The van der Waals surface area contributed by atoms with E-state index in [1.807, 2.05) is 30.3 Å². The van der Waals surface area contributed by atoms with Crippen molar-refractivity contribution in [2.24, 2.45) is 52.3 Å². The molecule has 7 heteroatoms. The molecule has 7 nitrogen and oxygen atoms in total. The Bertz CT molecular complexity index is 1040. The number of carbonyl (C=O) groups is 2. The number of benzene rings is 1. The Morgan fingerprint density at radius 1 is 0.850 bits per heavy atom. The van der Waals surface area contributed by atoms with Crippen molar-refractivity contribution >= 4 is 18.1 Å². The summed E-state index contributed by atoms with van der Waals surface area (Å²) >= 11 is 0. The SMILES string of the molecule is CCOC(=O)CN(Cc1ccccc1)C(=O)NC1C2CC3CC(C2)CC1C3.O=C=NC1C2CC3CC(C2)CC1C3. The number of rotatable bonds is 7. The number of carbonyl (C=O) groups excluding carboxylic acids is 3. The predicted octanol–water partition coefficient (Wildman–Crippen LogP) is 5.73. The van der Waals surface area contributed by atoms with Gasteiger partial charge in [0.25, 0.3) is 0 Å². The smallest absolute Gasteiger partial charge is 0.325 e. The molecular weight excluding hydrogens is 502 g/mol. The van der Waals surface area contributed by atoms with E-state index in [1.54, 1.807) is 17.9 Å². The molecule has 0 atom stereocenters. The highest BCUT2D eigenvalue weighted by Gasteiger charge is 2.49. The lowest BCUT2D eigenvalue weighted by Crippen LogP contribution is -2.58. The van der Waals surface area contributed by atoms with E-state index in [9.17, 15) is 14.4 Å². The minimum Gasteiger partial charge on any atom is -0.465 e. The van der Waals surface area contributed by atoms with Gasteiger partial charge in [-0.2, -0.15) is 0 Å². The Morgan fingerprint density at radius 3 is 1.88 bits per heavy atom. The summed E-state index contributed by atoms with van der Waals surface area (Å²) < 4.78 is 5.08. The molecule has 1 N–H and O–H groups in total. The lowest BCUT2D eigenvalue weighted by Gasteiger charge is -2.54. The molecule has 0 heterocycles. The quantitative estimate of drug-likeness (QED) is 0.268. The first kappa shape index (κ1) is 27.5. The normalized spacial score (nSPS) is 37.6. The summed E-state index contributed by atoms with van der Waals surface area (Å²) in [5, 5.41) is 3.31. The molecule has 40 heavy (non-hydrogen) atoms. The fourth-order valence-electron chi connectivity index (χ4n) is 9.93. The van der Waals surface area contributed by atoms with Gasteiger partial charge in [0.05, 0.1) is 12.6 Å². The highest BCUT2D eigenvalue weighted by atomic mass is 16.5. The molecule has 8 aliphatic carbocycles. The van der Waals surface area contributed by atoms with Crippen LogP contribution in [0.1, 0.15) is 76.7 Å². The molecule has 1 aromatic rings. The molecular formula is C33H45N3O4. The minimum absolute atomic E-state index is 0.0120. The van der Waals surface area contributed by atoms with Gasteiger partial charge in [0.2, 0.25) is 6.08 Å². The molecule has 8 aliphatic rings. The number of aliphatic imine (C=N–C) groups is 1. The van der Waals surface area contributed by atoms with Gasteiger partial charge in [-0.05, 0) is 124 Å². The van der Waals surface area contributed by atoms with E-state index in [0.29, 0.717) is 31.0 Å². The molecule has 0 radical (unpaired) electrons. The van der Waals surface area contributed by atoms with Crippen molar-refractivity contribution in [2.45, 2.75) is 89.8 Å². The third-order valence-electron chi connectivity index (χ3n) is 11.0. The zero-order chi connectivity index (χ0) is 27.6. The third kappa shape index (κ3) is 6.00. The van der Waals surface area contributed by atoms with Gasteiger partial charge in [-0.3, -0.25) is 4.79 Å². The Labute approximate surface area is 238 Å². The number of nitrogens with zero attached hydrogens (tertiary/aromatic N) is 2. The fourth-order valence-corrected chi connectivity index (χ4v) is 9.93. The second-order valence-electron chi connectivity index (χ2n) is 13.7. The van der Waals surface area contributed by atoms with Crippen molar-refractivity contribution < 1.29 is 19.1 Å². The van der Waals surface area contributed by atoms with Crippen LogP contribution in [-0.2, 0) is 20.9 Å². The lowest BCUT2D eigenvalue weighted by atomic mass is 9.54. The first-order chi connectivity index (χ1) is 19.5. The van der Waals surface area contributed by atoms with Crippen molar-refractivity contribution in [3.05, 3.63) is 35.9 Å². The van der Waals surface area contributed by atoms with Gasteiger partial charge in [0, 0.05) is 12.6 Å². The number of ether oxygens (including phenoxy) is 1. The molecule has 8 fully saturated rings. The Balaban J connectivity index is 0.000000184. The number of hydrogen-bond donors (Lipinski definition) is 1. The van der Waals surface area contributed by atoms with Crippen molar-refractivity contribution in [2.75, 3.05) is 13.2 Å². The second-order valence-corrected chi connectivity index (χ2v) is 13.7. The molecule has 2 amide bonds. The van der Waals surface area contributed by atoms with E-state index in [0.717, 1.165) is 41.1 Å². The van der Waals surface area contributed by atoms with Crippen LogP contribution in [0.4, 0.5) is 4.79 Å². The number of isocyanates is 1. The van der Waals surface area contributed by atoms with Crippen LogP contribution < -0.4 is 5.32 Å². The van der Waals surface area contributed by atoms with Crippen molar-refractivity contribution in [1.82, 2.24) is 10.2 Å². The molecule has 0 spiro atoms. The molecule has 0 aliphatic heterocycles. The molecule has 9 rings (SSSR count). The molecule has 0 unspecified atom stereocenters. The maximum Gasteiger partial charge on any atom is 0.325 e. The van der Waals surface area contributed by atoms with E-state index in [1.165, 1.54) is 64.2 Å². The second kappa shape index (κ2) is 12.1. The standard InChI is InChI=1S/C22H30N2O3.C11H15NO/c1-2-27-20(25)14-24(13-15-6-4-3-5-7-15)22(26)23-21-18-9-16-8-17(11-18)12-19(21)10-16;13-6-12-11-9-2-7-1-8(4-9)5-10(11)3-7/h3-7,16-19,21H,2,8-14H2,1H3,(H,23,26);7-11H,1-5H2. The molecule has 216 valence electrons. The van der Waals surface area contributed by atoms with E-state index in [4.69, 9.17) is 4.74 Å². The van der Waals surface area contributed by atoms with Crippen LogP contribution in [0.3, 0.4) is 0 Å². The Morgan fingerprint density at radius 2 is 1.38 bits per heavy atom. The van der Waals surface area contributed by atoms with Gasteiger partial charge in [-0.25, -0.2) is 14.6 Å². The number of nitrogens with one attached hydrogen (secondary N) is 1. The summed E-state index contributed by atoms with van der Waals surface area (Å²) in [4.78, 5) is 41.0. The van der Waals surface area contributed by atoms with Crippen LogP contribution >= 0.6 is 0 Å². The van der Waals surface area contributed by atoms with Gasteiger partial charge >= 0.3 is 12.0 Å². The molecule has 8 bridgehead atoms. The van der Waals surface area contributed by atoms with Crippen molar-refractivity contribution in [3.8, 4) is 0 Å². The maximum atomic E-state index is 13.1. The van der Waals surface area contributed by atoms with Gasteiger partial charge in [0.1, 0.15) is 6.54 Å². The number of hydrogen-bond acceptors (Lipinski definition) is 5. The summed E-state index contributed by atoms with van der Waals surface area (Å²) in [5.41, 5.74) is 1.02. The van der Waals surface area contributed by atoms with Gasteiger partial charge in [-0.15, -0.1) is 0 Å². The van der Waals surface area contributed by atoms with Crippen LogP contribution in [0.15, 0.2) is 35.3 Å². The Hall–Kier alpha value is -2.66. The largest absolute Gasteiger partial charge is 0.465 e. The molecule has 0 aromatic heterocycles. The van der Waals surface area contributed by atoms with E-state index < -0.39 is 0 Å². The Kier molecular flexibility index (Phi) is 8.29. The summed E-state index contributed by atoms with van der Waals surface area (Å²) in [6, 6.07) is 10.3. The monoisotopic (exact) mass is 547 g/mol. The molecule has 1 aromatic carbocycles. The molecule has 8 saturated carbocycles. The molecule has 0 saturated heterocycles. The highest BCUT2D eigenvalue weighted by molar-refractivity contribution is 5.81. The van der Waals surface area contributed by atoms with Gasteiger partial charge in [-0.1, -0.05) is 30.3 Å². The van der Waals surface area contributed by atoms with Crippen LogP contribution in [0.25, 0.3) is 0 Å². The summed E-state index contributed by atoms with van der Waals surface area (Å²) in [5.74, 6) is 6.05.